The molecule has 2 aromatic rings. The van der Waals surface area contributed by atoms with Crippen LogP contribution in [0.1, 0.15) is 27.5 Å². The number of aliphatic hydroxyl groups is 1. The number of nitrogens with zero attached hydrogens (tertiary/aromatic N) is 2. The second kappa shape index (κ2) is 6.52. The fourth-order valence-electron chi connectivity index (χ4n) is 3.80. The molecule has 0 aliphatic carbocycles. The van der Waals surface area contributed by atoms with E-state index in [2.05, 4.69) is 0 Å². The van der Waals surface area contributed by atoms with Gasteiger partial charge in [0.1, 0.15) is 25.2 Å². The van der Waals surface area contributed by atoms with Gasteiger partial charge in [0.15, 0.2) is 5.60 Å². The van der Waals surface area contributed by atoms with E-state index in [0.717, 1.165) is 6.07 Å². The number of rotatable bonds is 4. The molecule has 4 rings (SSSR count). The molecule has 2 aliphatic heterocycles. The van der Waals surface area contributed by atoms with Gasteiger partial charge in [-0.2, -0.15) is 0 Å². The summed E-state index contributed by atoms with van der Waals surface area (Å²) in [4.78, 5) is 24.7. The number of hydrogen-bond acceptors (Lipinski definition) is 5. The first-order valence-electron chi connectivity index (χ1n) is 8.58. The van der Waals surface area contributed by atoms with Crippen LogP contribution < -0.4 is 4.74 Å². The van der Waals surface area contributed by atoms with Crippen molar-refractivity contribution in [1.82, 2.24) is 4.90 Å². The number of halogens is 2. The molecule has 0 fully saturated rings. The van der Waals surface area contributed by atoms with Gasteiger partial charge >= 0.3 is 0 Å². The first-order valence-corrected chi connectivity index (χ1v) is 8.58. The quantitative estimate of drug-likeness (QED) is 0.640. The summed E-state index contributed by atoms with van der Waals surface area (Å²) < 4.78 is 32.9. The van der Waals surface area contributed by atoms with Crippen LogP contribution in [-0.4, -0.2) is 45.9 Å². The molecule has 0 spiro atoms. The summed E-state index contributed by atoms with van der Waals surface area (Å²) in [5, 5.41) is 22.0. The Hall–Kier alpha value is -3.07. The molecular weight excluding hydrogens is 374 g/mol. The first kappa shape index (κ1) is 18.3. The van der Waals surface area contributed by atoms with Gasteiger partial charge in [-0.05, 0) is 17.7 Å². The Morgan fingerprint density at radius 1 is 1.25 bits per heavy atom. The molecule has 9 heteroatoms. The molecule has 0 aromatic heterocycles. The number of non-ortho nitro benzene ring substituents is 1. The highest BCUT2D eigenvalue weighted by Gasteiger charge is 2.54. The topological polar surface area (TPSA) is 92.9 Å². The second-order valence-electron chi connectivity index (χ2n) is 6.89. The number of fused-ring (bicyclic) bond motifs is 2. The molecule has 2 aliphatic rings. The average molecular weight is 390 g/mol. The maximum Gasteiger partial charge on any atom is 0.270 e. The van der Waals surface area contributed by atoms with Crippen molar-refractivity contribution >= 4 is 11.6 Å². The van der Waals surface area contributed by atoms with Gasteiger partial charge in [-0.15, -0.1) is 0 Å². The zero-order chi connectivity index (χ0) is 20.1. The lowest BCUT2D eigenvalue weighted by Crippen LogP contribution is -2.59. The van der Waals surface area contributed by atoms with E-state index < -0.39 is 41.9 Å². The molecule has 0 saturated heterocycles. The monoisotopic (exact) mass is 390 g/mol. The van der Waals surface area contributed by atoms with E-state index in [0.29, 0.717) is 11.1 Å². The number of benzene rings is 2. The summed E-state index contributed by atoms with van der Waals surface area (Å²) in [6.45, 7) is -2.55. The van der Waals surface area contributed by atoms with Crippen molar-refractivity contribution in [1.29, 1.82) is 0 Å². The molecule has 1 amide bonds. The molecule has 1 N–H and O–H groups in total. The summed E-state index contributed by atoms with van der Waals surface area (Å²) >= 11 is 0. The zero-order valence-corrected chi connectivity index (χ0v) is 14.5. The van der Waals surface area contributed by atoms with Gasteiger partial charge in [-0.25, -0.2) is 8.78 Å². The molecule has 0 saturated carbocycles. The maximum absolute atomic E-state index is 13.8. The molecular formula is C19H16F2N2O5. The number of hydrogen-bond donors (Lipinski definition) is 1. The van der Waals surface area contributed by atoms with E-state index in [1.54, 1.807) is 24.3 Å². The second-order valence-corrected chi connectivity index (χ2v) is 6.89. The Morgan fingerprint density at radius 3 is 2.61 bits per heavy atom. The third-order valence-corrected chi connectivity index (χ3v) is 5.31. The number of aliphatic hydroxyl groups excluding tert-OH is 1. The van der Waals surface area contributed by atoms with Crippen LogP contribution in [0.15, 0.2) is 42.5 Å². The van der Waals surface area contributed by atoms with Crippen LogP contribution in [0.2, 0.25) is 0 Å². The van der Waals surface area contributed by atoms with Crippen molar-refractivity contribution in [2.75, 3.05) is 13.3 Å². The van der Waals surface area contributed by atoms with Gasteiger partial charge in [0.25, 0.3) is 11.6 Å². The maximum atomic E-state index is 13.8. The Morgan fingerprint density at radius 2 is 1.96 bits per heavy atom. The smallest absolute Gasteiger partial charge is 0.270 e. The number of amides is 1. The number of carbonyl (C=O) groups is 1. The summed E-state index contributed by atoms with van der Waals surface area (Å²) in [6, 6.07) is 9.15. The van der Waals surface area contributed by atoms with E-state index in [4.69, 9.17) is 4.74 Å². The lowest BCUT2D eigenvalue weighted by Gasteiger charge is -2.45. The van der Waals surface area contributed by atoms with Crippen molar-refractivity contribution in [2.45, 2.75) is 24.3 Å². The zero-order valence-electron chi connectivity index (χ0n) is 14.5. The van der Waals surface area contributed by atoms with Gasteiger partial charge in [0.2, 0.25) is 0 Å². The third-order valence-electron chi connectivity index (χ3n) is 5.31. The van der Waals surface area contributed by atoms with Gasteiger partial charge in [-0.1, -0.05) is 18.2 Å². The number of nitro groups is 1. The summed E-state index contributed by atoms with van der Waals surface area (Å²) in [7, 11) is 0. The van der Waals surface area contributed by atoms with E-state index in [1.165, 1.54) is 17.0 Å². The Labute approximate surface area is 158 Å². The Kier molecular flexibility index (Phi) is 4.26. The van der Waals surface area contributed by atoms with Crippen molar-refractivity contribution < 1.29 is 28.3 Å². The van der Waals surface area contributed by atoms with Gasteiger partial charge in [-0.3, -0.25) is 14.9 Å². The highest BCUT2D eigenvalue weighted by molar-refractivity contribution is 5.98. The van der Waals surface area contributed by atoms with E-state index >= 15 is 0 Å². The van der Waals surface area contributed by atoms with Crippen LogP contribution in [0.5, 0.6) is 5.75 Å². The first-order chi connectivity index (χ1) is 13.4. The fraction of sp³-hybridized carbons (Fsp3) is 0.316. The molecule has 0 radical (unpaired) electrons. The molecule has 2 unspecified atom stereocenters. The number of carbonyl (C=O) groups excluding carboxylic acids is 1. The van der Waals surface area contributed by atoms with Crippen LogP contribution >= 0.6 is 0 Å². The van der Waals surface area contributed by atoms with Crippen LogP contribution in [0.4, 0.5) is 14.5 Å². The van der Waals surface area contributed by atoms with E-state index in [9.17, 15) is 28.8 Å². The number of nitro benzene ring substituents is 1. The van der Waals surface area contributed by atoms with Crippen molar-refractivity contribution in [3.63, 3.8) is 0 Å². The van der Waals surface area contributed by atoms with Gasteiger partial charge in [0, 0.05) is 29.8 Å². The minimum Gasteiger partial charge on any atom is -0.479 e. The van der Waals surface area contributed by atoms with E-state index in [1.807, 2.05) is 0 Å². The molecule has 2 atom stereocenters. The minimum absolute atomic E-state index is 0.0000406. The standard InChI is InChI=1S/C19H16F2N2O5/c20-9-19(10-21)17(24)16(14-7-12(23(26)27)5-6-15(14)28-19)22-8-11-3-1-2-4-13(11)18(22)25/h1-7,16-17,24H,8-10H2. The normalized spacial score (nSPS) is 22.4. The lowest BCUT2D eigenvalue weighted by atomic mass is 9.84. The van der Waals surface area contributed by atoms with Crippen molar-refractivity contribution in [3.05, 3.63) is 69.3 Å². The van der Waals surface area contributed by atoms with Crippen molar-refractivity contribution in [2.24, 2.45) is 0 Å². The van der Waals surface area contributed by atoms with Crippen LogP contribution in [0, 0.1) is 10.1 Å². The molecule has 7 nitrogen and oxygen atoms in total. The SMILES string of the molecule is O=C1c2ccccc2CN1C1c2cc([N+](=O)[O-])ccc2OC(CF)(CF)C1O. The Balaban J connectivity index is 1.86. The number of ether oxygens (including phenoxy) is 1. The predicted octanol–water partition coefficient (Wildman–Crippen LogP) is 2.72. The highest BCUT2D eigenvalue weighted by Crippen LogP contribution is 2.47. The van der Waals surface area contributed by atoms with E-state index in [-0.39, 0.29) is 23.5 Å². The van der Waals surface area contributed by atoms with Gasteiger partial charge < -0.3 is 14.7 Å². The molecule has 2 aromatic carbocycles. The summed E-state index contributed by atoms with van der Waals surface area (Å²) in [5.41, 5.74) is -1.22. The fourth-order valence-corrected chi connectivity index (χ4v) is 3.80. The van der Waals surface area contributed by atoms with Gasteiger partial charge in [0.05, 0.1) is 11.0 Å². The highest BCUT2D eigenvalue weighted by atomic mass is 19.1. The molecule has 28 heavy (non-hydrogen) atoms. The average Bonchev–Trinajstić information content (AvgIpc) is 3.03. The molecule has 2 heterocycles. The minimum atomic E-state index is -2.19. The molecule has 0 bridgehead atoms. The Bertz CT molecular complexity index is 963. The molecule has 146 valence electrons. The predicted molar refractivity (Wildman–Crippen MR) is 93.5 cm³/mol. The third kappa shape index (κ3) is 2.54. The number of alkyl halides is 2. The van der Waals surface area contributed by atoms with Crippen LogP contribution in [-0.2, 0) is 6.54 Å². The largest absolute Gasteiger partial charge is 0.479 e. The van der Waals surface area contributed by atoms with Crippen LogP contribution in [0.3, 0.4) is 0 Å². The van der Waals surface area contributed by atoms with Crippen LogP contribution in [0.25, 0.3) is 0 Å². The summed E-state index contributed by atoms with van der Waals surface area (Å²) in [6.07, 6.45) is -1.75. The summed E-state index contributed by atoms with van der Waals surface area (Å²) in [5.74, 6) is -0.425. The lowest BCUT2D eigenvalue weighted by molar-refractivity contribution is -0.385. The van der Waals surface area contributed by atoms with Crippen molar-refractivity contribution in [3.8, 4) is 5.75 Å².